The van der Waals surface area contributed by atoms with Gasteiger partial charge in [0, 0.05) is 10.9 Å². The third-order valence-electron chi connectivity index (χ3n) is 4.20. The molecule has 1 aromatic rings. The lowest BCUT2D eigenvalue weighted by Crippen LogP contribution is -2.08. The summed E-state index contributed by atoms with van der Waals surface area (Å²) >= 11 is 3.75. The van der Waals surface area contributed by atoms with E-state index in [4.69, 9.17) is 4.74 Å². The molecule has 0 spiro atoms. The Morgan fingerprint density at radius 1 is 1.21 bits per heavy atom. The summed E-state index contributed by atoms with van der Waals surface area (Å²) in [6.07, 6.45) is 7.59. The Bertz CT molecular complexity index is 528. The number of fused-ring (bicyclic) bond motifs is 1. The fourth-order valence-electron chi connectivity index (χ4n) is 3.35. The molecule has 0 saturated heterocycles. The maximum atomic E-state index is 10.4. The molecule has 0 aliphatic heterocycles. The summed E-state index contributed by atoms with van der Waals surface area (Å²) in [5.41, 5.74) is 4.11. The first-order valence-corrected chi connectivity index (χ1v) is 7.71. The fraction of sp³-hybridized carbons (Fsp3) is 0.438. The lowest BCUT2D eigenvalue weighted by Gasteiger charge is -2.24. The van der Waals surface area contributed by atoms with Crippen LogP contribution in [0.25, 0.3) is 5.57 Å². The first-order valence-electron chi connectivity index (χ1n) is 6.91. The molecule has 1 fully saturated rings. The molecule has 3 rings (SSSR count). The van der Waals surface area contributed by atoms with Gasteiger partial charge in [-0.1, -0.05) is 41.3 Å². The van der Waals surface area contributed by atoms with E-state index < -0.39 is 0 Å². The second kappa shape index (κ2) is 5.49. The van der Waals surface area contributed by atoms with E-state index in [-0.39, 0.29) is 0 Å². The van der Waals surface area contributed by atoms with Gasteiger partial charge in [0.2, 0.25) is 0 Å². The lowest BCUT2D eigenvalue weighted by molar-refractivity contribution is -0.120. The zero-order valence-electron chi connectivity index (χ0n) is 10.8. The molecule has 0 unspecified atom stereocenters. The van der Waals surface area contributed by atoms with Gasteiger partial charge < -0.3 is 4.74 Å². The van der Waals surface area contributed by atoms with Crippen LogP contribution in [0.5, 0.6) is 5.75 Å². The van der Waals surface area contributed by atoms with Crippen molar-refractivity contribution in [2.75, 3.05) is 0 Å². The van der Waals surface area contributed by atoms with Crippen LogP contribution in [-0.4, -0.2) is 6.47 Å². The molecule has 2 aliphatic carbocycles. The van der Waals surface area contributed by atoms with Crippen molar-refractivity contribution in [2.24, 2.45) is 5.92 Å². The van der Waals surface area contributed by atoms with E-state index in [9.17, 15) is 4.79 Å². The zero-order chi connectivity index (χ0) is 13.2. The Kier molecular flexibility index (Phi) is 3.74. The Morgan fingerprint density at radius 2 is 2.00 bits per heavy atom. The van der Waals surface area contributed by atoms with Gasteiger partial charge in [0.05, 0.1) is 0 Å². The lowest BCUT2D eigenvalue weighted by atomic mass is 9.82. The van der Waals surface area contributed by atoms with Gasteiger partial charge in [-0.3, -0.25) is 4.79 Å². The second-order valence-electron chi connectivity index (χ2n) is 5.36. The highest BCUT2D eigenvalue weighted by atomic mass is 79.9. The van der Waals surface area contributed by atoms with Crippen LogP contribution in [0.3, 0.4) is 0 Å². The molecule has 100 valence electrons. The molecule has 0 bridgehead atoms. The number of hydrogen-bond donors (Lipinski definition) is 0. The quantitative estimate of drug-likeness (QED) is 0.768. The highest BCUT2D eigenvalue weighted by Crippen LogP contribution is 2.45. The van der Waals surface area contributed by atoms with Crippen molar-refractivity contribution in [1.29, 1.82) is 0 Å². The molecule has 3 heteroatoms. The molecule has 1 saturated carbocycles. The molecule has 0 heterocycles. The maximum absolute atomic E-state index is 10.4. The minimum atomic E-state index is 0.487. The average Bonchev–Trinajstić information content (AvgIpc) is 2.75. The summed E-state index contributed by atoms with van der Waals surface area (Å²) < 4.78 is 6.25. The minimum absolute atomic E-state index is 0.487. The highest BCUT2D eigenvalue weighted by Gasteiger charge is 2.27. The number of carbonyl (C=O) groups excluding carboxylic acids is 1. The van der Waals surface area contributed by atoms with E-state index >= 15 is 0 Å². The standard InChI is InChI=1S/C16H17BrO2/c17-15-9-12-8-13(19-10-18)6-7-14(12)16(15)11-4-2-1-3-5-11/h6-8,10-11H,1-5,9H2. The van der Waals surface area contributed by atoms with Crippen molar-refractivity contribution < 1.29 is 9.53 Å². The number of allylic oxidation sites excluding steroid dienone is 2. The van der Waals surface area contributed by atoms with Gasteiger partial charge in [0.15, 0.2) is 0 Å². The SMILES string of the molecule is O=COc1ccc2c(c1)CC(Br)=C2C1CCCCC1. The number of ether oxygens (including phenoxy) is 1. The summed E-state index contributed by atoms with van der Waals surface area (Å²) in [6, 6.07) is 5.98. The van der Waals surface area contributed by atoms with Crippen molar-refractivity contribution in [1.82, 2.24) is 0 Å². The molecule has 1 aromatic carbocycles. The first kappa shape index (κ1) is 12.9. The summed E-state index contributed by atoms with van der Waals surface area (Å²) in [6.45, 7) is 0.487. The number of halogens is 1. The van der Waals surface area contributed by atoms with Gasteiger partial charge in [0.1, 0.15) is 5.75 Å². The van der Waals surface area contributed by atoms with Crippen LogP contribution in [0.1, 0.15) is 43.2 Å². The highest BCUT2D eigenvalue weighted by molar-refractivity contribution is 9.11. The molecule has 0 amide bonds. The monoisotopic (exact) mass is 320 g/mol. The van der Waals surface area contributed by atoms with Crippen LogP contribution in [-0.2, 0) is 11.2 Å². The van der Waals surface area contributed by atoms with Crippen LogP contribution in [0, 0.1) is 5.92 Å². The molecule has 0 radical (unpaired) electrons. The van der Waals surface area contributed by atoms with E-state index in [2.05, 4.69) is 22.0 Å². The van der Waals surface area contributed by atoms with Crippen LogP contribution in [0.2, 0.25) is 0 Å². The predicted molar refractivity (Wildman–Crippen MR) is 79.3 cm³/mol. The molecule has 2 aliphatic rings. The van der Waals surface area contributed by atoms with Crippen molar-refractivity contribution in [2.45, 2.75) is 38.5 Å². The van der Waals surface area contributed by atoms with E-state index in [1.165, 1.54) is 53.3 Å². The topological polar surface area (TPSA) is 26.3 Å². The normalized spacial score (nSPS) is 19.4. The van der Waals surface area contributed by atoms with Crippen molar-refractivity contribution in [3.63, 3.8) is 0 Å². The van der Waals surface area contributed by atoms with Crippen molar-refractivity contribution >= 4 is 28.0 Å². The van der Waals surface area contributed by atoms with Gasteiger partial charge in [-0.25, -0.2) is 0 Å². The Labute approximate surface area is 122 Å². The van der Waals surface area contributed by atoms with Gasteiger partial charge in [-0.05, 0) is 47.6 Å². The molecule has 0 atom stereocenters. The van der Waals surface area contributed by atoms with E-state index in [1.54, 1.807) is 0 Å². The number of benzene rings is 1. The van der Waals surface area contributed by atoms with E-state index in [0.29, 0.717) is 18.1 Å². The van der Waals surface area contributed by atoms with Crippen LogP contribution >= 0.6 is 15.9 Å². The summed E-state index contributed by atoms with van der Waals surface area (Å²) in [5.74, 6) is 1.33. The van der Waals surface area contributed by atoms with Crippen molar-refractivity contribution in [3.8, 4) is 5.75 Å². The molecule has 0 N–H and O–H groups in total. The maximum Gasteiger partial charge on any atom is 0.298 e. The summed E-state index contributed by atoms with van der Waals surface area (Å²) in [7, 11) is 0. The third kappa shape index (κ3) is 2.48. The van der Waals surface area contributed by atoms with Crippen LogP contribution < -0.4 is 4.74 Å². The summed E-state index contributed by atoms with van der Waals surface area (Å²) in [4.78, 5) is 10.4. The smallest absolute Gasteiger partial charge is 0.298 e. The van der Waals surface area contributed by atoms with E-state index in [0.717, 1.165) is 6.42 Å². The Balaban J connectivity index is 1.91. The fourth-order valence-corrected chi connectivity index (χ4v) is 4.19. The molecule has 0 aromatic heterocycles. The molecule has 2 nitrogen and oxygen atoms in total. The third-order valence-corrected chi connectivity index (χ3v) is 4.91. The van der Waals surface area contributed by atoms with Gasteiger partial charge >= 0.3 is 0 Å². The Morgan fingerprint density at radius 3 is 2.74 bits per heavy atom. The van der Waals surface area contributed by atoms with Gasteiger partial charge in [-0.15, -0.1) is 0 Å². The second-order valence-corrected chi connectivity index (χ2v) is 6.32. The molecule has 19 heavy (non-hydrogen) atoms. The molecular weight excluding hydrogens is 304 g/mol. The molecular formula is C16H17BrO2. The minimum Gasteiger partial charge on any atom is -0.429 e. The number of rotatable bonds is 3. The zero-order valence-corrected chi connectivity index (χ0v) is 12.4. The van der Waals surface area contributed by atoms with Crippen LogP contribution in [0.4, 0.5) is 0 Å². The largest absolute Gasteiger partial charge is 0.429 e. The summed E-state index contributed by atoms with van der Waals surface area (Å²) in [5, 5.41) is 0. The first-order chi connectivity index (χ1) is 9.29. The predicted octanol–water partition coefficient (Wildman–Crippen LogP) is 4.46. The van der Waals surface area contributed by atoms with Crippen LogP contribution in [0.15, 0.2) is 22.7 Å². The number of hydrogen-bond acceptors (Lipinski definition) is 2. The Hall–Kier alpha value is -1.09. The van der Waals surface area contributed by atoms with Crippen molar-refractivity contribution in [3.05, 3.63) is 33.8 Å². The van der Waals surface area contributed by atoms with Gasteiger partial charge in [0.25, 0.3) is 6.47 Å². The average molecular weight is 321 g/mol. The number of carbonyl (C=O) groups is 1. The van der Waals surface area contributed by atoms with E-state index in [1.807, 2.05) is 12.1 Å². The van der Waals surface area contributed by atoms with Gasteiger partial charge in [-0.2, -0.15) is 0 Å².